The summed E-state index contributed by atoms with van der Waals surface area (Å²) in [5.41, 5.74) is 1.76. The molecule has 1 aliphatic carbocycles. The first-order valence-electron chi connectivity index (χ1n) is 5.54. The normalized spacial score (nSPS) is 19.1. The molecule has 0 unspecified atom stereocenters. The van der Waals surface area contributed by atoms with Crippen molar-refractivity contribution in [3.05, 3.63) is 30.1 Å². The van der Waals surface area contributed by atoms with Crippen LogP contribution in [0.2, 0.25) is 0 Å². The van der Waals surface area contributed by atoms with Crippen molar-refractivity contribution in [2.75, 3.05) is 0 Å². The van der Waals surface area contributed by atoms with Crippen LogP contribution in [0.1, 0.15) is 37.7 Å². The molecule has 1 aromatic rings. The summed E-state index contributed by atoms with van der Waals surface area (Å²) < 4.78 is 0. The van der Waals surface area contributed by atoms with E-state index in [1.165, 1.54) is 19.3 Å². The summed E-state index contributed by atoms with van der Waals surface area (Å²) in [5.74, 6) is 0.410. The first-order valence-corrected chi connectivity index (χ1v) is 5.54. The predicted octanol–water partition coefficient (Wildman–Crippen LogP) is 2.84. The van der Waals surface area contributed by atoms with Gasteiger partial charge in [0.1, 0.15) is 0 Å². The number of pyridine rings is 1. The molecular formula is C12H16N2O. The Balaban J connectivity index is 2.17. The molecule has 0 radical (unpaired) electrons. The third-order valence-electron chi connectivity index (χ3n) is 3.06. The van der Waals surface area contributed by atoms with E-state index in [0.717, 1.165) is 24.1 Å². The van der Waals surface area contributed by atoms with Gasteiger partial charge >= 0.3 is 0 Å². The Morgan fingerprint density at radius 1 is 1.33 bits per heavy atom. The largest absolute Gasteiger partial charge is 0.411 e. The summed E-state index contributed by atoms with van der Waals surface area (Å²) in [7, 11) is 0. The molecule has 0 saturated heterocycles. The summed E-state index contributed by atoms with van der Waals surface area (Å²) in [6, 6.07) is 3.83. The van der Waals surface area contributed by atoms with Gasteiger partial charge in [0.05, 0.1) is 5.71 Å². The SMILES string of the molecule is ON=C(c1cccnc1)C1CCCCC1. The van der Waals surface area contributed by atoms with Crippen molar-refractivity contribution in [1.82, 2.24) is 4.98 Å². The van der Waals surface area contributed by atoms with Gasteiger partial charge in [0, 0.05) is 23.9 Å². The first-order chi connectivity index (χ1) is 7.42. The average molecular weight is 204 g/mol. The third-order valence-corrected chi connectivity index (χ3v) is 3.06. The van der Waals surface area contributed by atoms with Crippen molar-refractivity contribution in [1.29, 1.82) is 0 Å². The van der Waals surface area contributed by atoms with Crippen LogP contribution in [-0.2, 0) is 0 Å². The highest BCUT2D eigenvalue weighted by Gasteiger charge is 2.21. The zero-order chi connectivity index (χ0) is 10.5. The predicted molar refractivity (Wildman–Crippen MR) is 59.1 cm³/mol. The van der Waals surface area contributed by atoms with Gasteiger partial charge in [-0.25, -0.2) is 0 Å². The van der Waals surface area contributed by atoms with Crippen LogP contribution in [0.4, 0.5) is 0 Å². The monoisotopic (exact) mass is 204 g/mol. The van der Waals surface area contributed by atoms with Crippen LogP contribution in [0.15, 0.2) is 29.7 Å². The molecule has 0 spiro atoms. The number of aromatic nitrogens is 1. The van der Waals surface area contributed by atoms with E-state index in [-0.39, 0.29) is 0 Å². The molecule has 1 fully saturated rings. The smallest absolute Gasteiger partial charge is 0.0914 e. The molecule has 2 rings (SSSR count). The summed E-state index contributed by atoms with van der Waals surface area (Å²) in [6.07, 6.45) is 9.56. The van der Waals surface area contributed by atoms with E-state index < -0.39 is 0 Å². The van der Waals surface area contributed by atoms with Gasteiger partial charge in [-0.2, -0.15) is 0 Å². The molecule has 15 heavy (non-hydrogen) atoms. The Morgan fingerprint density at radius 3 is 2.73 bits per heavy atom. The van der Waals surface area contributed by atoms with Crippen LogP contribution in [0.5, 0.6) is 0 Å². The van der Waals surface area contributed by atoms with E-state index in [0.29, 0.717) is 5.92 Å². The molecule has 0 aliphatic heterocycles. The lowest BCUT2D eigenvalue weighted by Gasteiger charge is -2.22. The summed E-state index contributed by atoms with van der Waals surface area (Å²) in [5, 5.41) is 12.6. The molecular weight excluding hydrogens is 188 g/mol. The van der Waals surface area contributed by atoms with Gasteiger partial charge in [-0.05, 0) is 25.0 Å². The number of rotatable bonds is 2. The highest BCUT2D eigenvalue weighted by Crippen LogP contribution is 2.27. The van der Waals surface area contributed by atoms with Crippen LogP contribution in [0.3, 0.4) is 0 Å². The van der Waals surface area contributed by atoms with Crippen molar-refractivity contribution in [3.63, 3.8) is 0 Å². The van der Waals surface area contributed by atoms with Crippen LogP contribution >= 0.6 is 0 Å². The van der Waals surface area contributed by atoms with Crippen LogP contribution < -0.4 is 0 Å². The van der Waals surface area contributed by atoms with E-state index in [2.05, 4.69) is 10.1 Å². The van der Waals surface area contributed by atoms with Crippen molar-refractivity contribution < 1.29 is 5.21 Å². The van der Waals surface area contributed by atoms with Crippen LogP contribution in [0.25, 0.3) is 0 Å². The van der Waals surface area contributed by atoms with Gasteiger partial charge < -0.3 is 5.21 Å². The average Bonchev–Trinajstić information content (AvgIpc) is 2.33. The second kappa shape index (κ2) is 4.91. The van der Waals surface area contributed by atoms with Gasteiger partial charge in [0.15, 0.2) is 0 Å². The van der Waals surface area contributed by atoms with Crippen molar-refractivity contribution in [3.8, 4) is 0 Å². The summed E-state index contributed by atoms with van der Waals surface area (Å²) >= 11 is 0. The Labute approximate surface area is 89.8 Å². The lowest BCUT2D eigenvalue weighted by Crippen LogP contribution is -2.19. The number of hydrogen-bond acceptors (Lipinski definition) is 3. The molecule has 1 aliphatic rings. The van der Waals surface area contributed by atoms with Crippen LogP contribution in [0, 0.1) is 5.92 Å². The highest BCUT2D eigenvalue weighted by atomic mass is 16.4. The fourth-order valence-electron chi connectivity index (χ4n) is 2.27. The third kappa shape index (κ3) is 2.35. The minimum atomic E-state index is 0.410. The fourth-order valence-corrected chi connectivity index (χ4v) is 2.27. The zero-order valence-electron chi connectivity index (χ0n) is 8.76. The Bertz CT molecular complexity index is 329. The van der Waals surface area contributed by atoms with Gasteiger partial charge in [0.2, 0.25) is 0 Å². The molecule has 0 atom stereocenters. The Kier molecular flexibility index (Phi) is 3.33. The number of hydrogen-bond donors (Lipinski definition) is 1. The van der Waals surface area contributed by atoms with Gasteiger partial charge in [-0.3, -0.25) is 4.98 Å². The van der Waals surface area contributed by atoms with Gasteiger partial charge in [-0.15, -0.1) is 0 Å². The van der Waals surface area contributed by atoms with Crippen molar-refractivity contribution in [2.45, 2.75) is 32.1 Å². The lowest BCUT2D eigenvalue weighted by molar-refractivity contribution is 0.310. The summed E-state index contributed by atoms with van der Waals surface area (Å²) in [4.78, 5) is 4.06. The molecule has 1 N–H and O–H groups in total. The fraction of sp³-hybridized carbons (Fsp3) is 0.500. The molecule has 3 nitrogen and oxygen atoms in total. The topological polar surface area (TPSA) is 45.5 Å². The minimum Gasteiger partial charge on any atom is -0.411 e. The van der Waals surface area contributed by atoms with Crippen molar-refractivity contribution >= 4 is 5.71 Å². The van der Waals surface area contributed by atoms with Crippen LogP contribution in [-0.4, -0.2) is 15.9 Å². The van der Waals surface area contributed by atoms with Crippen molar-refractivity contribution in [2.24, 2.45) is 11.1 Å². The highest BCUT2D eigenvalue weighted by molar-refractivity contribution is 6.01. The van der Waals surface area contributed by atoms with Gasteiger partial charge in [-0.1, -0.05) is 24.4 Å². The standard InChI is InChI=1S/C12H16N2O/c15-14-12(10-5-2-1-3-6-10)11-7-4-8-13-9-11/h4,7-10,15H,1-3,5-6H2. The molecule has 1 heterocycles. The minimum absolute atomic E-state index is 0.410. The molecule has 1 aromatic heterocycles. The van der Waals surface area contributed by atoms with E-state index >= 15 is 0 Å². The maximum Gasteiger partial charge on any atom is 0.0914 e. The molecule has 0 aromatic carbocycles. The van der Waals surface area contributed by atoms with E-state index in [1.54, 1.807) is 12.4 Å². The number of oxime groups is 1. The Hall–Kier alpha value is -1.38. The van der Waals surface area contributed by atoms with E-state index in [9.17, 15) is 0 Å². The first kappa shape index (κ1) is 10.1. The second-order valence-corrected chi connectivity index (χ2v) is 4.06. The molecule has 3 heteroatoms. The van der Waals surface area contributed by atoms with E-state index in [4.69, 9.17) is 5.21 Å². The maximum atomic E-state index is 9.09. The summed E-state index contributed by atoms with van der Waals surface area (Å²) in [6.45, 7) is 0. The molecule has 0 amide bonds. The number of nitrogens with zero attached hydrogens (tertiary/aromatic N) is 2. The zero-order valence-corrected chi connectivity index (χ0v) is 8.76. The quantitative estimate of drug-likeness (QED) is 0.457. The molecule has 0 bridgehead atoms. The lowest BCUT2D eigenvalue weighted by atomic mass is 9.84. The van der Waals surface area contributed by atoms with Gasteiger partial charge in [0.25, 0.3) is 0 Å². The molecule has 80 valence electrons. The Morgan fingerprint density at radius 2 is 2.13 bits per heavy atom. The second-order valence-electron chi connectivity index (χ2n) is 4.06. The maximum absolute atomic E-state index is 9.09. The molecule has 1 saturated carbocycles. The van der Waals surface area contributed by atoms with E-state index in [1.807, 2.05) is 12.1 Å².